The molecule has 0 spiro atoms. The number of hydrogen-bond acceptors (Lipinski definition) is 4. The van der Waals surface area contributed by atoms with Crippen LogP contribution >= 0.6 is 0 Å². The van der Waals surface area contributed by atoms with Crippen molar-refractivity contribution >= 4 is 5.91 Å². The molecule has 0 aliphatic heterocycles. The molecule has 5 nitrogen and oxygen atoms in total. The molecule has 4 N–H and O–H groups in total. The van der Waals surface area contributed by atoms with Gasteiger partial charge in [-0.15, -0.1) is 0 Å². The first kappa shape index (κ1) is 36.4. The Bertz CT molecular complexity index is 474. The first-order valence-electron chi connectivity index (χ1n) is 16.3. The summed E-state index contributed by atoms with van der Waals surface area (Å²) in [6, 6.07) is -0.798. The molecule has 0 aromatic carbocycles. The molecule has 0 bridgehead atoms. The summed E-state index contributed by atoms with van der Waals surface area (Å²) in [5, 5.41) is 33.1. The first-order chi connectivity index (χ1) is 18.1. The maximum atomic E-state index is 12.3. The molecule has 0 radical (unpaired) electrons. The minimum atomic E-state index is -1.13. The Morgan fingerprint density at radius 2 is 0.919 bits per heavy atom. The van der Waals surface area contributed by atoms with Crippen LogP contribution in [0.1, 0.15) is 174 Å². The summed E-state index contributed by atoms with van der Waals surface area (Å²) in [6.45, 7) is 4.13. The monoisotopic (exact) mass is 527 g/mol. The zero-order valence-corrected chi connectivity index (χ0v) is 24.9. The highest BCUT2D eigenvalue weighted by Crippen LogP contribution is 2.15. The summed E-state index contributed by atoms with van der Waals surface area (Å²) in [6.07, 6.45) is 27.6. The van der Waals surface area contributed by atoms with Gasteiger partial charge in [0.05, 0.1) is 18.8 Å². The first-order valence-corrected chi connectivity index (χ1v) is 16.3. The predicted molar refractivity (Wildman–Crippen MR) is 158 cm³/mol. The zero-order chi connectivity index (χ0) is 27.4. The third-order valence-corrected chi connectivity index (χ3v) is 7.71. The second-order valence-electron chi connectivity index (χ2n) is 11.4. The lowest BCUT2D eigenvalue weighted by Crippen LogP contribution is -2.50. The molecule has 0 aliphatic carbocycles. The van der Waals surface area contributed by atoms with Gasteiger partial charge in [0.25, 0.3) is 0 Å². The van der Waals surface area contributed by atoms with Crippen LogP contribution in [-0.2, 0) is 4.79 Å². The predicted octanol–water partition coefficient (Wildman–Crippen LogP) is 7.98. The van der Waals surface area contributed by atoms with E-state index in [4.69, 9.17) is 0 Å². The van der Waals surface area contributed by atoms with Gasteiger partial charge < -0.3 is 20.6 Å². The molecule has 0 saturated carbocycles. The third-order valence-electron chi connectivity index (χ3n) is 7.71. The van der Waals surface area contributed by atoms with Gasteiger partial charge in [-0.05, 0) is 12.8 Å². The minimum Gasteiger partial charge on any atom is -0.394 e. The van der Waals surface area contributed by atoms with Crippen LogP contribution in [0.4, 0.5) is 0 Å². The molecule has 3 atom stereocenters. The van der Waals surface area contributed by atoms with Crippen molar-refractivity contribution in [1.82, 2.24) is 5.32 Å². The van der Waals surface area contributed by atoms with Gasteiger partial charge in [-0.1, -0.05) is 155 Å². The van der Waals surface area contributed by atoms with Gasteiger partial charge in [0, 0.05) is 6.42 Å². The molecule has 37 heavy (non-hydrogen) atoms. The molecule has 0 rings (SSSR count). The van der Waals surface area contributed by atoms with Crippen LogP contribution in [0.5, 0.6) is 0 Å². The van der Waals surface area contributed by atoms with E-state index in [-0.39, 0.29) is 12.5 Å². The fourth-order valence-electron chi connectivity index (χ4n) is 5.10. The molecule has 0 aliphatic rings. The molecule has 0 fully saturated rings. The van der Waals surface area contributed by atoms with E-state index in [2.05, 4.69) is 19.2 Å². The molecule has 0 aromatic heterocycles. The van der Waals surface area contributed by atoms with Crippen molar-refractivity contribution in [3.8, 4) is 0 Å². The standard InChI is InChI=1S/C32H65NO4/c1-3-5-7-9-11-13-14-15-16-17-19-21-23-25-27-31(36)33-29(28-34)32(37)30(35)26-24-22-20-18-12-10-8-6-4-2/h29-30,32,34-35,37H,3-28H2,1-2H3,(H,33,36). The smallest absolute Gasteiger partial charge is 0.220 e. The van der Waals surface area contributed by atoms with E-state index in [1.54, 1.807) is 0 Å². The largest absolute Gasteiger partial charge is 0.394 e. The van der Waals surface area contributed by atoms with Crippen molar-refractivity contribution in [2.24, 2.45) is 0 Å². The van der Waals surface area contributed by atoms with Crippen LogP contribution in [0.2, 0.25) is 0 Å². The van der Waals surface area contributed by atoms with Gasteiger partial charge in [-0.2, -0.15) is 0 Å². The number of aliphatic hydroxyl groups is 3. The molecule has 1 amide bonds. The van der Waals surface area contributed by atoms with Gasteiger partial charge in [-0.25, -0.2) is 0 Å². The van der Waals surface area contributed by atoms with Gasteiger partial charge in [0.1, 0.15) is 6.10 Å². The van der Waals surface area contributed by atoms with Crippen LogP contribution in [0.25, 0.3) is 0 Å². The molecule has 0 aromatic rings. The quantitative estimate of drug-likeness (QED) is 0.0742. The topological polar surface area (TPSA) is 89.8 Å². The van der Waals surface area contributed by atoms with Crippen LogP contribution in [0.3, 0.4) is 0 Å². The number of amides is 1. The van der Waals surface area contributed by atoms with Crippen molar-refractivity contribution in [1.29, 1.82) is 0 Å². The number of rotatable bonds is 29. The maximum absolute atomic E-state index is 12.3. The number of nitrogens with one attached hydrogen (secondary N) is 1. The van der Waals surface area contributed by atoms with Crippen molar-refractivity contribution < 1.29 is 20.1 Å². The average molecular weight is 528 g/mol. The summed E-state index contributed by atoms with van der Waals surface area (Å²) < 4.78 is 0. The van der Waals surface area contributed by atoms with E-state index < -0.39 is 18.2 Å². The van der Waals surface area contributed by atoms with Crippen LogP contribution < -0.4 is 5.32 Å². The van der Waals surface area contributed by atoms with Gasteiger partial charge >= 0.3 is 0 Å². The lowest BCUT2D eigenvalue weighted by molar-refractivity contribution is -0.124. The second kappa shape index (κ2) is 28.4. The summed E-state index contributed by atoms with van der Waals surface area (Å²) in [5.41, 5.74) is 0. The summed E-state index contributed by atoms with van der Waals surface area (Å²) >= 11 is 0. The third kappa shape index (κ3) is 24.1. The Labute approximate surface area is 230 Å². The van der Waals surface area contributed by atoms with Crippen molar-refractivity contribution in [3.63, 3.8) is 0 Å². The number of aliphatic hydroxyl groups excluding tert-OH is 3. The van der Waals surface area contributed by atoms with E-state index in [0.717, 1.165) is 38.5 Å². The fourth-order valence-corrected chi connectivity index (χ4v) is 5.10. The summed E-state index contributed by atoms with van der Waals surface area (Å²) in [4.78, 5) is 12.3. The van der Waals surface area contributed by atoms with E-state index >= 15 is 0 Å². The highest BCUT2D eigenvalue weighted by molar-refractivity contribution is 5.76. The van der Waals surface area contributed by atoms with Crippen molar-refractivity contribution in [2.45, 2.75) is 193 Å². The van der Waals surface area contributed by atoms with Crippen molar-refractivity contribution in [2.75, 3.05) is 6.61 Å². The molecule has 5 heteroatoms. The molecule has 3 unspecified atom stereocenters. The fraction of sp³-hybridized carbons (Fsp3) is 0.969. The Morgan fingerprint density at radius 3 is 1.30 bits per heavy atom. The number of carbonyl (C=O) groups is 1. The molecule has 0 saturated heterocycles. The van der Waals surface area contributed by atoms with E-state index in [1.807, 2.05) is 0 Å². The van der Waals surface area contributed by atoms with E-state index in [1.165, 1.54) is 109 Å². The Balaban J connectivity index is 3.69. The number of unbranched alkanes of at least 4 members (excludes halogenated alkanes) is 21. The highest BCUT2D eigenvalue weighted by atomic mass is 16.3. The number of carbonyl (C=O) groups excluding carboxylic acids is 1. The minimum absolute atomic E-state index is 0.146. The molecular weight excluding hydrogens is 462 g/mol. The summed E-state index contributed by atoms with van der Waals surface area (Å²) in [7, 11) is 0. The van der Waals surface area contributed by atoms with Crippen LogP contribution in [0, 0.1) is 0 Å². The Kier molecular flexibility index (Phi) is 27.9. The van der Waals surface area contributed by atoms with Crippen LogP contribution in [-0.4, -0.2) is 46.1 Å². The zero-order valence-electron chi connectivity index (χ0n) is 24.9. The lowest BCUT2D eigenvalue weighted by Gasteiger charge is -2.26. The normalized spacial score (nSPS) is 14.0. The SMILES string of the molecule is CCCCCCCCCCCCCCCCC(=O)NC(CO)C(O)C(O)CCCCCCCCCCC. The average Bonchev–Trinajstić information content (AvgIpc) is 2.90. The van der Waals surface area contributed by atoms with E-state index in [9.17, 15) is 20.1 Å². The Hall–Kier alpha value is -0.650. The number of hydrogen-bond donors (Lipinski definition) is 4. The molecule has 222 valence electrons. The second-order valence-corrected chi connectivity index (χ2v) is 11.4. The Morgan fingerprint density at radius 1 is 0.568 bits per heavy atom. The maximum Gasteiger partial charge on any atom is 0.220 e. The highest BCUT2D eigenvalue weighted by Gasteiger charge is 2.26. The lowest BCUT2D eigenvalue weighted by atomic mass is 9.99. The van der Waals surface area contributed by atoms with E-state index in [0.29, 0.717) is 12.8 Å². The van der Waals surface area contributed by atoms with Crippen LogP contribution in [0.15, 0.2) is 0 Å². The summed E-state index contributed by atoms with van der Waals surface area (Å²) in [5.74, 6) is -0.146. The van der Waals surface area contributed by atoms with Crippen molar-refractivity contribution in [3.05, 3.63) is 0 Å². The molecular formula is C32H65NO4. The van der Waals surface area contributed by atoms with Gasteiger partial charge in [0.2, 0.25) is 5.91 Å². The molecule has 0 heterocycles. The van der Waals surface area contributed by atoms with Gasteiger partial charge in [0.15, 0.2) is 0 Å². The van der Waals surface area contributed by atoms with Gasteiger partial charge in [-0.3, -0.25) is 4.79 Å².